The van der Waals surface area contributed by atoms with Gasteiger partial charge >= 0.3 is 18.3 Å². The maximum absolute atomic E-state index is 14.3. The number of imidazole rings is 1. The molecule has 2 rings (SSSR count). The molecule has 2 aromatic rings. The van der Waals surface area contributed by atoms with Gasteiger partial charge in [-0.1, -0.05) is 0 Å². The van der Waals surface area contributed by atoms with Gasteiger partial charge in [0, 0.05) is 0 Å². The predicted octanol–water partition coefficient (Wildman–Crippen LogP) is 6.44. The Morgan fingerprint density at radius 1 is 1.04 bits per heavy atom. The summed E-state index contributed by atoms with van der Waals surface area (Å²) in [6.45, 7) is 2.62. The molecule has 0 atom stereocenters. The Kier molecular flexibility index (Phi) is 5.72. The van der Waals surface area contributed by atoms with Crippen molar-refractivity contribution in [2.75, 3.05) is 0 Å². The third kappa shape index (κ3) is 4.23. The Hall–Kier alpha value is -1.92. The van der Waals surface area contributed by atoms with Gasteiger partial charge in [-0.05, 0) is 41.9 Å². The van der Waals surface area contributed by atoms with Crippen molar-refractivity contribution in [1.82, 2.24) is 9.97 Å². The van der Waals surface area contributed by atoms with Gasteiger partial charge in [0.2, 0.25) is 0 Å². The molecule has 0 radical (unpaired) electrons. The number of nitrogens with zero attached hydrogens (tertiary/aromatic N) is 1. The molecule has 1 aromatic carbocycles. The largest absolute Gasteiger partial charge is 0.490 e. The Bertz CT molecular complexity index is 872. The Labute approximate surface area is 160 Å². The van der Waals surface area contributed by atoms with Crippen molar-refractivity contribution in [2.45, 2.75) is 38.2 Å². The van der Waals surface area contributed by atoms with Crippen molar-refractivity contribution in [3.8, 4) is 17.1 Å². The van der Waals surface area contributed by atoms with Crippen molar-refractivity contribution in [2.24, 2.45) is 0 Å². The highest BCUT2D eigenvalue weighted by atomic mass is 79.9. The number of hydrogen-bond donors (Lipinski definition) is 1. The van der Waals surface area contributed by atoms with E-state index in [4.69, 9.17) is 4.74 Å². The second-order valence-corrected chi connectivity index (χ2v) is 6.57. The summed E-state index contributed by atoms with van der Waals surface area (Å²) in [6, 6.07) is 0.306. The topological polar surface area (TPSA) is 37.9 Å². The first-order valence-corrected chi connectivity index (χ1v) is 8.13. The number of hydrogen-bond acceptors (Lipinski definition) is 2. The third-order valence-electron chi connectivity index (χ3n) is 3.32. The molecule has 3 nitrogen and oxygen atoms in total. The average molecular weight is 485 g/mol. The standard InChI is InChI=1S/C15H10BrF9N2O/c1-5(2)28-9-3-6(12-26-10(11(16)27-12)14(20,21)22)8(17)4-7(9)13(18,19)15(23,24)25/h3-5H,1-2H3,(H,26,27). The van der Waals surface area contributed by atoms with Crippen LogP contribution in [0.15, 0.2) is 16.7 Å². The van der Waals surface area contributed by atoms with Crippen molar-refractivity contribution in [1.29, 1.82) is 0 Å². The van der Waals surface area contributed by atoms with E-state index in [1.54, 1.807) is 4.98 Å². The molecule has 1 heterocycles. The molecule has 0 aliphatic heterocycles. The van der Waals surface area contributed by atoms with Gasteiger partial charge in [0.25, 0.3) is 0 Å². The smallest absolute Gasteiger partial charge is 0.458 e. The van der Waals surface area contributed by atoms with Crippen LogP contribution in [0.25, 0.3) is 11.4 Å². The third-order valence-corrected chi connectivity index (χ3v) is 3.90. The molecule has 28 heavy (non-hydrogen) atoms. The van der Waals surface area contributed by atoms with Crippen LogP contribution in [0.5, 0.6) is 5.75 Å². The molecule has 0 spiro atoms. The second-order valence-electron chi connectivity index (χ2n) is 5.82. The molecule has 1 N–H and O–H groups in total. The van der Waals surface area contributed by atoms with Gasteiger partial charge in [0.05, 0.1) is 17.2 Å². The molecular formula is C15H10BrF9N2O. The highest BCUT2D eigenvalue weighted by Gasteiger charge is 2.60. The van der Waals surface area contributed by atoms with E-state index in [0.717, 1.165) is 0 Å². The summed E-state index contributed by atoms with van der Waals surface area (Å²) in [6.07, 6.45) is -11.8. The molecule has 0 aliphatic carbocycles. The van der Waals surface area contributed by atoms with Gasteiger partial charge < -0.3 is 9.72 Å². The molecule has 13 heteroatoms. The van der Waals surface area contributed by atoms with E-state index in [1.165, 1.54) is 13.8 Å². The first-order chi connectivity index (χ1) is 12.6. The number of halogens is 10. The van der Waals surface area contributed by atoms with E-state index in [0.29, 0.717) is 6.07 Å². The lowest BCUT2D eigenvalue weighted by atomic mass is 10.0. The summed E-state index contributed by atoms with van der Waals surface area (Å²) in [7, 11) is 0. The number of benzene rings is 1. The minimum absolute atomic E-state index is 0.135. The van der Waals surface area contributed by atoms with Crippen molar-refractivity contribution in [3.05, 3.63) is 33.8 Å². The molecule has 0 amide bonds. The van der Waals surface area contributed by atoms with Crippen molar-refractivity contribution >= 4 is 15.9 Å². The summed E-state index contributed by atoms with van der Waals surface area (Å²) in [5.41, 5.74) is -3.98. The minimum atomic E-state index is -6.05. The molecule has 0 saturated carbocycles. The quantitative estimate of drug-likeness (QED) is 0.507. The number of nitrogens with one attached hydrogen (secondary N) is 1. The summed E-state index contributed by atoms with van der Waals surface area (Å²) in [5.74, 6) is -8.90. The number of aromatic nitrogens is 2. The fourth-order valence-electron chi connectivity index (χ4n) is 2.15. The molecule has 1 aromatic heterocycles. The number of alkyl halides is 8. The van der Waals surface area contributed by atoms with Gasteiger partial charge in [-0.3, -0.25) is 0 Å². The molecule has 0 fully saturated rings. The summed E-state index contributed by atoms with van der Waals surface area (Å²) >= 11 is 2.52. The van der Waals surface area contributed by atoms with Crippen LogP contribution in [0, 0.1) is 5.82 Å². The number of H-pyrrole nitrogens is 1. The summed E-state index contributed by atoms with van der Waals surface area (Å²) < 4.78 is 123. The highest BCUT2D eigenvalue weighted by Crippen LogP contribution is 2.48. The van der Waals surface area contributed by atoms with Gasteiger partial charge in [0.15, 0.2) is 5.69 Å². The Morgan fingerprint density at radius 2 is 1.61 bits per heavy atom. The Morgan fingerprint density at radius 3 is 2.04 bits per heavy atom. The van der Waals surface area contributed by atoms with E-state index in [1.807, 2.05) is 0 Å². The molecule has 0 bridgehead atoms. The molecule has 0 aliphatic rings. The SMILES string of the molecule is CC(C)Oc1cc(-c2nc(Br)c(C(F)(F)F)[nH]2)c(F)cc1C(F)(F)C(F)(F)F. The average Bonchev–Trinajstić information content (AvgIpc) is 2.88. The molecular weight excluding hydrogens is 475 g/mol. The number of ether oxygens (including phenoxy) is 1. The van der Waals surface area contributed by atoms with E-state index >= 15 is 0 Å². The zero-order valence-corrected chi connectivity index (χ0v) is 15.5. The highest BCUT2D eigenvalue weighted by molar-refractivity contribution is 9.10. The monoisotopic (exact) mass is 484 g/mol. The van der Waals surface area contributed by atoms with Crippen LogP contribution >= 0.6 is 15.9 Å². The fourth-order valence-corrected chi connectivity index (χ4v) is 2.65. The first kappa shape index (κ1) is 22.4. The number of rotatable bonds is 4. The van der Waals surface area contributed by atoms with E-state index < -0.39 is 63.2 Å². The lowest BCUT2D eigenvalue weighted by Crippen LogP contribution is -2.34. The van der Waals surface area contributed by atoms with Crippen LogP contribution in [0.2, 0.25) is 0 Å². The maximum Gasteiger partial charge on any atom is 0.458 e. The van der Waals surface area contributed by atoms with Gasteiger partial charge in [0.1, 0.15) is 22.0 Å². The minimum Gasteiger partial charge on any atom is -0.490 e. The van der Waals surface area contributed by atoms with E-state index in [2.05, 4.69) is 20.9 Å². The lowest BCUT2D eigenvalue weighted by molar-refractivity contribution is -0.289. The zero-order valence-electron chi connectivity index (χ0n) is 13.9. The van der Waals surface area contributed by atoms with Crippen LogP contribution in [0.1, 0.15) is 25.1 Å². The molecule has 0 unspecified atom stereocenters. The van der Waals surface area contributed by atoms with Crippen molar-refractivity contribution in [3.63, 3.8) is 0 Å². The molecule has 0 saturated heterocycles. The second kappa shape index (κ2) is 7.16. The van der Waals surface area contributed by atoms with Crippen LogP contribution in [0.4, 0.5) is 39.5 Å². The lowest BCUT2D eigenvalue weighted by Gasteiger charge is -2.24. The number of aromatic amines is 1. The van der Waals surface area contributed by atoms with Gasteiger partial charge in [-0.2, -0.15) is 35.1 Å². The van der Waals surface area contributed by atoms with E-state index in [-0.39, 0.29) is 6.07 Å². The predicted molar refractivity (Wildman–Crippen MR) is 82.4 cm³/mol. The summed E-state index contributed by atoms with van der Waals surface area (Å²) in [4.78, 5) is 5.16. The summed E-state index contributed by atoms with van der Waals surface area (Å²) in [5, 5.41) is 0. The van der Waals surface area contributed by atoms with Crippen LogP contribution in [-0.2, 0) is 12.1 Å². The molecule has 156 valence electrons. The first-order valence-electron chi connectivity index (χ1n) is 7.34. The Balaban J connectivity index is 2.70. The maximum atomic E-state index is 14.3. The van der Waals surface area contributed by atoms with Crippen LogP contribution < -0.4 is 4.74 Å². The van der Waals surface area contributed by atoms with Crippen LogP contribution in [0.3, 0.4) is 0 Å². The van der Waals surface area contributed by atoms with Gasteiger partial charge in [-0.25, -0.2) is 9.37 Å². The van der Waals surface area contributed by atoms with Crippen molar-refractivity contribution < 1.29 is 44.3 Å². The normalized spacial score (nSPS) is 13.3. The fraction of sp³-hybridized carbons (Fsp3) is 0.400. The zero-order chi connectivity index (χ0) is 21.7. The van der Waals surface area contributed by atoms with Gasteiger partial charge in [-0.15, -0.1) is 0 Å². The van der Waals surface area contributed by atoms with E-state index in [9.17, 15) is 39.5 Å². The van der Waals surface area contributed by atoms with Crippen LogP contribution in [-0.4, -0.2) is 22.2 Å².